The molecule has 0 amide bonds. The van der Waals surface area contributed by atoms with E-state index in [1.165, 1.54) is 19.9 Å². The van der Waals surface area contributed by atoms with E-state index in [9.17, 15) is 24.6 Å². The van der Waals surface area contributed by atoms with E-state index in [0.717, 1.165) is 19.3 Å². The molecule has 24 heavy (non-hydrogen) atoms. The zero-order chi connectivity index (χ0) is 18.3. The van der Waals surface area contributed by atoms with Crippen LogP contribution in [-0.2, 0) is 14.3 Å². The third kappa shape index (κ3) is 4.81. The van der Waals surface area contributed by atoms with Crippen LogP contribution in [0.2, 0.25) is 0 Å². The molecule has 0 saturated carbocycles. The van der Waals surface area contributed by atoms with Gasteiger partial charge in [-0.05, 0) is 26.3 Å². The van der Waals surface area contributed by atoms with Gasteiger partial charge in [0.2, 0.25) is 0 Å². The average Bonchev–Trinajstić information content (AvgIpc) is 2.54. The maximum absolute atomic E-state index is 11.9. The minimum atomic E-state index is -1.33. The molecule has 0 bridgehead atoms. The molecule has 0 aliphatic heterocycles. The molecule has 0 heterocycles. The summed E-state index contributed by atoms with van der Waals surface area (Å²) in [5.41, 5.74) is -0.0571. The van der Waals surface area contributed by atoms with Crippen LogP contribution in [0.4, 0.5) is 0 Å². The Labute approximate surface area is 141 Å². The minimum absolute atomic E-state index is 0.0139. The van der Waals surface area contributed by atoms with Crippen LogP contribution in [-0.4, -0.2) is 28.3 Å². The van der Waals surface area contributed by atoms with E-state index in [-0.39, 0.29) is 28.9 Å². The van der Waals surface area contributed by atoms with Crippen LogP contribution >= 0.6 is 0 Å². The number of aromatic hydroxyl groups is 2. The van der Waals surface area contributed by atoms with E-state index in [1.54, 1.807) is 0 Å². The van der Waals surface area contributed by atoms with Crippen LogP contribution in [0.1, 0.15) is 73.5 Å². The first-order valence-corrected chi connectivity index (χ1v) is 8.04. The Morgan fingerprint density at radius 3 is 2.46 bits per heavy atom. The number of hydrogen-bond donors (Lipinski definition) is 2. The first-order chi connectivity index (χ1) is 11.3. The Kier molecular flexibility index (Phi) is 7.42. The van der Waals surface area contributed by atoms with Crippen molar-refractivity contribution in [1.29, 1.82) is 0 Å². The van der Waals surface area contributed by atoms with Crippen molar-refractivity contribution in [2.45, 2.75) is 59.0 Å². The van der Waals surface area contributed by atoms with Gasteiger partial charge >= 0.3 is 5.97 Å². The third-order valence-electron chi connectivity index (χ3n) is 3.85. The quantitative estimate of drug-likeness (QED) is 0.407. The summed E-state index contributed by atoms with van der Waals surface area (Å²) < 4.78 is 5.20. The van der Waals surface area contributed by atoms with Crippen molar-refractivity contribution in [1.82, 2.24) is 0 Å². The van der Waals surface area contributed by atoms with E-state index in [4.69, 9.17) is 4.74 Å². The van der Waals surface area contributed by atoms with Gasteiger partial charge in [-0.15, -0.1) is 0 Å². The lowest BCUT2D eigenvalue weighted by atomic mass is 9.96. The average molecular weight is 336 g/mol. The van der Waals surface area contributed by atoms with Crippen molar-refractivity contribution in [3.8, 4) is 11.5 Å². The molecule has 0 saturated heterocycles. The van der Waals surface area contributed by atoms with Gasteiger partial charge in [0, 0.05) is 17.5 Å². The fourth-order valence-corrected chi connectivity index (χ4v) is 2.39. The molecular formula is C18H24O6. The van der Waals surface area contributed by atoms with Gasteiger partial charge in [0.1, 0.15) is 11.5 Å². The molecule has 6 nitrogen and oxygen atoms in total. The van der Waals surface area contributed by atoms with Crippen molar-refractivity contribution >= 4 is 18.0 Å². The van der Waals surface area contributed by atoms with Gasteiger partial charge in [0.25, 0.3) is 0 Å². The number of ketones is 1. The highest BCUT2D eigenvalue weighted by Crippen LogP contribution is 2.36. The molecule has 0 aliphatic rings. The van der Waals surface area contributed by atoms with Crippen molar-refractivity contribution in [2.24, 2.45) is 0 Å². The largest absolute Gasteiger partial charge is 0.508 e. The van der Waals surface area contributed by atoms with Gasteiger partial charge in [-0.1, -0.05) is 26.2 Å². The number of hydrogen-bond acceptors (Lipinski definition) is 6. The maximum atomic E-state index is 11.9. The summed E-state index contributed by atoms with van der Waals surface area (Å²) in [6, 6.07) is 1.18. The lowest BCUT2D eigenvalue weighted by Crippen LogP contribution is -2.19. The number of phenols is 2. The van der Waals surface area contributed by atoms with Gasteiger partial charge < -0.3 is 14.9 Å². The van der Waals surface area contributed by atoms with E-state index >= 15 is 0 Å². The zero-order valence-electron chi connectivity index (χ0n) is 14.3. The highest BCUT2D eigenvalue weighted by atomic mass is 16.5. The zero-order valence-corrected chi connectivity index (χ0v) is 14.3. The Morgan fingerprint density at radius 1 is 1.25 bits per heavy atom. The number of rotatable bonds is 9. The molecule has 6 heteroatoms. The van der Waals surface area contributed by atoms with Crippen LogP contribution in [0.3, 0.4) is 0 Å². The Hall–Kier alpha value is -2.37. The Bertz CT molecular complexity index is 620. The van der Waals surface area contributed by atoms with Gasteiger partial charge in [-0.3, -0.25) is 14.4 Å². The molecule has 1 unspecified atom stereocenters. The standard InChI is InChI=1S/C18H24O6/c1-4-5-6-7-8-16(22)24-18(12(3)20)13-9-15(21)11(2)17(23)14(13)10-19/h9-10,18,21,23H,4-8H2,1-3H3. The summed E-state index contributed by atoms with van der Waals surface area (Å²) in [4.78, 5) is 35.1. The molecule has 132 valence electrons. The molecule has 1 atom stereocenters. The van der Waals surface area contributed by atoms with Crippen LogP contribution in [0, 0.1) is 6.92 Å². The second kappa shape index (κ2) is 9.05. The number of Topliss-reactive ketones (excluding diaryl/α,β-unsaturated/α-hetero) is 1. The molecule has 2 N–H and O–H groups in total. The van der Waals surface area contributed by atoms with Gasteiger partial charge in [-0.2, -0.15) is 0 Å². The van der Waals surface area contributed by atoms with Crippen LogP contribution in [0.5, 0.6) is 11.5 Å². The number of aldehydes is 1. The summed E-state index contributed by atoms with van der Waals surface area (Å²) in [5.74, 6) is -1.76. The molecule has 0 spiro atoms. The molecule has 0 aliphatic carbocycles. The number of phenolic OH excluding ortho intramolecular Hbond substituents is 2. The molecule has 1 aromatic carbocycles. The highest BCUT2D eigenvalue weighted by Gasteiger charge is 2.27. The molecule has 1 rings (SSSR count). The van der Waals surface area contributed by atoms with Crippen molar-refractivity contribution in [3.63, 3.8) is 0 Å². The number of benzene rings is 1. The first-order valence-electron chi connectivity index (χ1n) is 8.04. The second-order valence-electron chi connectivity index (χ2n) is 5.78. The number of ether oxygens (including phenoxy) is 1. The summed E-state index contributed by atoms with van der Waals surface area (Å²) >= 11 is 0. The molecular weight excluding hydrogens is 312 g/mol. The van der Waals surface area contributed by atoms with Crippen molar-refractivity contribution < 1.29 is 29.3 Å². The van der Waals surface area contributed by atoms with Crippen molar-refractivity contribution in [3.05, 3.63) is 22.8 Å². The third-order valence-corrected chi connectivity index (χ3v) is 3.85. The Balaban J connectivity index is 3.03. The van der Waals surface area contributed by atoms with Gasteiger partial charge in [0.05, 0.1) is 5.56 Å². The maximum Gasteiger partial charge on any atom is 0.306 e. The molecule has 0 radical (unpaired) electrons. The predicted molar refractivity (Wildman–Crippen MR) is 88.2 cm³/mol. The number of carbonyl (C=O) groups excluding carboxylic acids is 3. The lowest BCUT2D eigenvalue weighted by Gasteiger charge is -2.19. The topological polar surface area (TPSA) is 101 Å². The van der Waals surface area contributed by atoms with Crippen LogP contribution in [0.25, 0.3) is 0 Å². The minimum Gasteiger partial charge on any atom is -0.508 e. The summed E-state index contributed by atoms with van der Waals surface area (Å²) in [6.07, 6.45) is 2.81. The number of carbonyl (C=O) groups is 3. The smallest absolute Gasteiger partial charge is 0.306 e. The normalized spacial score (nSPS) is 11.8. The van der Waals surface area contributed by atoms with Crippen molar-refractivity contribution in [2.75, 3.05) is 0 Å². The molecule has 0 fully saturated rings. The van der Waals surface area contributed by atoms with E-state index in [1.807, 2.05) is 0 Å². The van der Waals surface area contributed by atoms with Crippen LogP contribution < -0.4 is 0 Å². The monoisotopic (exact) mass is 336 g/mol. The van der Waals surface area contributed by atoms with E-state index in [0.29, 0.717) is 12.7 Å². The second-order valence-corrected chi connectivity index (χ2v) is 5.78. The summed E-state index contributed by atoms with van der Waals surface area (Å²) in [7, 11) is 0. The van der Waals surface area contributed by atoms with Gasteiger partial charge in [0.15, 0.2) is 18.2 Å². The summed E-state index contributed by atoms with van der Waals surface area (Å²) in [6.45, 7) is 4.71. The van der Waals surface area contributed by atoms with E-state index in [2.05, 4.69) is 6.92 Å². The summed E-state index contributed by atoms with van der Waals surface area (Å²) in [5, 5.41) is 19.8. The predicted octanol–water partition coefficient (Wildman–Crippen LogP) is 3.36. The lowest BCUT2D eigenvalue weighted by molar-refractivity contribution is -0.155. The van der Waals surface area contributed by atoms with Crippen LogP contribution in [0.15, 0.2) is 6.07 Å². The van der Waals surface area contributed by atoms with E-state index < -0.39 is 23.6 Å². The number of unbranched alkanes of at least 4 members (excludes halogenated alkanes) is 3. The number of esters is 1. The Morgan fingerprint density at radius 2 is 1.92 bits per heavy atom. The fourth-order valence-electron chi connectivity index (χ4n) is 2.39. The van der Waals surface area contributed by atoms with Gasteiger partial charge in [-0.25, -0.2) is 0 Å². The highest BCUT2D eigenvalue weighted by molar-refractivity contribution is 5.91. The molecule has 0 aromatic heterocycles. The molecule has 1 aromatic rings. The fraction of sp³-hybridized carbons (Fsp3) is 0.500. The SMILES string of the molecule is CCCCCCC(=O)OC(C(C)=O)c1cc(O)c(C)c(O)c1C=O. The first kappa shape index (κ1) is 19.7.